The Labute approximate surface area is 154 Å². The monoisotopic (exact) mass is 393 g/mol. The molecule has 6 nitrogen and oxygen atoms in total. The molecular weight excluding hydrogens is 378 g/mol. The number of methoxy groups -OCH3 is 1. The molecule has 1 atom stereocenters. The van der Waals surface area contributed by atoms with Gasteiger partial charge >= 0.3 is 0 Å². The van der Waals surface area contributed by atoms with E-state index in [1.807, 2.05) is 24.3 Å². The maximum atomic E-state index is 13.3. The van der Waals surface area contributed by atoms with Gasteiger partial charge in [0.1, 0.15) is 21.7 Å². The number of aromatic nitrogens is 2. The minimum absolute atomic E-state index is 0.222. The van der Waals surface area contributed by atoms with Gasteiger partial charge in [-0.1, -0.05) is 18.2 Å². The highest BCUT2D eigenvalue weighted by Crippen LogP contribution is 2.42. The van der Waals surface area contributed by atoms with Gasteiger partial charge in [0.2, 0.25) is 10.0 Å². The Kier molecular flexibility index (Phi) is 4.40. The fourth-order valence-corrected chi connectivity index (χ4v) is 6.84. The first-order valence-corrected chi connectivity index (χ1v) is 10.8. The molecule has 2 heterocycles. The van der Waals surface area contributed by atoms with Crippen LogP contribution in [0, 0.1) is 0 Å². The SMILES string of the molecule is COc1ccc(C2SCCN2S(=O)(=O)c2cccc3nsnc23)cc1. The molecular formula is C16H15N3O3S3. The van der Waals surface area contributed by atoms with Crippen molar-refractivity contribution in [2.45, 2.75) is 10.3 Å². The van der Waals surface area contributed by atoms with Crippen LogP contribution in [0.3, 0.4) is 0 Å². The van der Waals surface area contributed by atoms with E-state index in [-0.39, 0.29) is 10.3 Å². The van der Waals surface area contributed by atoms with E-state index in [1.54, 1.807) is 41.4 Å². The zero-order valence-corrected chi connectivity index (χ0v) is 15.8. The van der Waals surface area contributed by atoms with Crippen LogP contribution >= 0.6 is 23.5 Å². The molecule has 0 radical (unpaired) electrons. The average molecular weight is 394 g/mol. The van der Waals surface area contributed by atoms with Gasteiger partial charge < -0.3 is 4.74 Å². The summed E-state index contributed by atoms with van der Waals surface area (Å²) < 4.78 is 41.6. The van der Waals surface area contributed by atoms with Crippen LogP contribution in [0.1, 0.15) is 10.9 Å². The van der Waals surface area contributed by atoms with Gasteiger partial charge in [0.05, 0.1) is 24.2 Å². The quantitative estimate of drug-likeness (QED) is 0.678. The fourth-order valence-electron chi connectivity index (χ4n) is 2.85. The lowest BCUT2D eigenvalue weighted by Crippen LogP contribution is -2.30. The van der Waals surface area contributed by atoms with Crippen LogP contribution in [0.15, 0.2) is 47.4 Å². The summed E-state index contributed by atoms with van der Waals surface area (Å²) in [7, 11) is -2.05. The van der Waals surface area contributed by atoms with Crippen LogP contribution in [0.25, 0.3) is 11.0 Å². The zero-order valence-electron chi connectivity index (χ0n) is 13.3. The van der Waals surface area contributed by atoms with Crippen molar-refractivity contribution in [2.24, 2.45) is 0 Å². The molecule has 25 heavy (non-hydrogen) atoms. The van der Waals surface area contributed by atoms with E-state index in [0.717, 1.165) is 28.8 Å². The lowest BCUT2D eigenvalue weighted by molar-refractivity contribution is 0.413. The molecule has 1 aromatic heterocycles. The molecule has 2 aromatic carbocycles. The molecule has 9 heteroatoms. The van der Waals surface area contributed by atoms with Crippen molar-refractivity contribution in [1.29, 1.82) is 0 Å². The van der Waals surface area contributed by atoms with Gasteiger partial charge in [-0.05, 0) is 29.8 Å². The zero-order chi connectivity index (χ0) is 17.4. The van der Waals surface area contributed by atoms with E-state index >= 15 is 0 Å². The molecule has 0 amide bonds. The number of hydrogen-bond donors (Lipinski definition) is 0. The van der Waals surface area contributed by atoms with Gasteiger partial charge in [-0.25, -0.2) is 8.42 Å². The largest absolute Gasteiger partial charge is 0.497 e. The van der Waals surface area contributed by atoms with Crippen molar-refractivity contribution in [3.63, 3.8) is 0 Å². The molecule has 1 aliphatic rings. The number of hydrogen-bond acceptors (Lipinski definition) is 7. The van der Waals surface area contributed by atoms with Crippen LogP contribution in [-0.2, 0) is 10.0 Å². The summed E-state index contributed by atoms with van der Waals surface area (Å²) >= 11 is 2.64. The number of nitrogens with zero attached hydrogens (tertiary/aromatic N) is 3. The number of benzene rings is 2. The molecule has 3 aromatic rings. The Morgan fingerprint density at radius 1 is 1.16 bits per heavy atom. The van der Waals surface area contributed by atoms with Gasteiger partial charge in [-0.15, -0.1) is 11.8 Å². The topological polar surface area (TPSA) is 72.4 Å². The van der Waals surface area contributed by atoms with Crippen LogP contribution < -0.4 is 4.74 Å². The lowest BCUT2D eigenvalue weighted by Gasteiger charge is -2.23. The maximum absolute atomic E-state index is 13.3. The molecule has 1 unspecified atom stereocenters. The first kappa shape index (κ1) is 16.8. The Balaban J connectivity index is 1.74. The Hall–Kier alpha value is -1.68. The molecule has 0 spiro atoms. The van der Waals surface area contributed by atoms with E-state index in [2.05, 4.69) is 8.75 Å². The van der Waals surface area contributed by atoms with Gasteiger partial charge in [0.15, 0.2) is 0 Å². The van der Waals surface area contributed by atoms with Crippen molar-refractivity contribution < 1.29 is 13.2 Å². The van der Waals surface area contributed by atoms with Crippen molar-refractivity contribution >= 4 is 44.5 Å². The second-order valence-corrected chi connectivity index (χ2v) is 9.08. The third-order valence-corrected chi connectivity index (χ3v) is 7.92. The van der Waals surface area contributed by atoms with Crippen LogP contribution in [0.5, 0.6) is 5.75 Å². The highest BCUT2D eigenvalue weighted by atomic mass is 32.2. The lowest BCUT2D eigenvalue weighted by atomic mass is 10.2. The Morgan fingerprint density at radius 2 is 1.96 bits per heavy atom. The third kappa shape index (κ3) is 2.91. The van der Waals surface area contributed by atoms with Gasteiger partial charge in [0, 0.05) is 12.3 Å². The number of thioether (sulfide) groups is 1. The number of sulfonamides is 1. The molecule has 0 N–H and O–H groups in total. The summed E-state index contributed by atoms with van der Waals surface area (Å²) in [5.41, 5.74) is 1.99. The number of ether oxygens (including phenoxy) is 1. The molecule has 130 valence electrons. The highest BCUT2D eigenvalue weighted by Gasteiger charge is 2.38. The molecule has 0 aliphatic carbocycles. The van der Waals surface area contributed by atoms with Crippen LogP contribution in [0.2, 0.25) is 0 Å². The standard InChI is InChI=1S/C16H15N3O3S3/c1-22-12-7-5-11(6-8-12)16-19(9-10-23-16)25(20,21)14-4-2-3-13-15(14)18-24-17-13/h2-8,16H,9-10H2,1H3. The van der Waals surface area contributed by atoms with Crippen molar-refractivity contribution in [3.8, 4) is 5.75 Å². The highest BCUT2D eigenvalue weighted by molar-refractivity contribution is 8.01. The van der Waals surface area contributed by atoms with Gasteiger partial charge in [0.25, 0.3) is 0 Å². The van der Waals surface area contributed by atoms with Gasteiger partial charge in [-0.2, -0.15) is 13.1 Å². The van der Waals surface area contributed by atoms with Gasteiger partial charge in [-0.3, -0.25) is 0 Å². The van der Waals surface area contributed by atoms with Crippen molar-refractivity contribution in [2.75, 3.05) is 19.4 Å². The summed E-state index contributed by atoms with van der Waals surface area (Å²) in [6.45, 7) is 0.470. The van der Waals surface area contributed by atoms with Crippen molar-refractivity contribution in [1.82, 2.24) is 13.1 Å². The van der Waals surface area contributed by atoms with E-state index in [9.17, 15) is 8.42 Å². The molecule has 0 saturated carbocycles. The summed E-state index contributed by atoms with van der Waals surface area (Å²) in [6, 6.07) is 12.6. The predicted molar refractivity (Wildman–Crippen MR) is 99.5 cm³/mol. The smallest absolute Gasteiger partial charge is 0.246 e. The van der Waals surface area contributed by atoms with E-state index in [1.165, 1.54) is 0 Å². The molecule has 4 rings (SSSR count). The molecule has 1 fully saturated rings. The number of rotatable bonds is 4. The third-order valence-electron chi connectivity index (χ3n) is 4.09. The first-order chi connectivity index (χ1) is 12.1. The first-order valence-electron chi connectivity index (χ1n) is 7.60. The normalized spacial score (nSPS) is 18.7. The van der Waals surface area contributed by atoms with Crippen LogP contribution in [-0.4, -0.2) is 40.9 Å². The fraction of sp³-hybridized carbons (Fsp3) is 0.250. The Morgan fingerprint density at radius 3 is 2.72 bits per heavy atom. The second-order valence-electron chi connectivity index (χ2n) is 5.50. The van der Waals surface area contributed by atoms with E-state index in [4.69, 9.17) is 4.74 Å². The predicted octanol–water partition coefficient (Wildman–Crippen LogP) is 3.14. The Bertz CT molecular complexity index is 1000. The summed E-state index contributed by atoms with van der Waals surface area (Å²) in [4.78, 5) is 0.222. The van der Waals surface area contributed by atoms with Crippen molar-refractivity contribution in [3.05, 3.63) is 48.0 Å². The molecule has 1 saturated heterocycles. The van der Waals surface area contributed by atoms with Crippen LogP contribution in [0.4, 0.5) is 0 Å². The van der Waals surface area contributed by atoms with E-state index < -0.39 is 10.0 Å². The minimum Gasteiger partial charge on any atom is -0.497 e. The summed E-state index contributed by atoms with van der Waals surface area (Å²) in [6.07, 6.45) is 0. The molecule has 0 bridgehead atoms. The van der Waals surface area contributed by atoms with E-state index in [0.29, 0.717) is 17.6 Å². The number of fused-ring (bicyclic) bond motifs is 1. The second kappa shape index (κ2) is 6.56. The summed E-state index contributed by atoms with van der Waals surface area (Å²) in [5.74, 6) is 1.50. The average Bonchev–Trinajstić information content (AvgIpc) is 3.30. The summed E-state index contributed by atoms with van der Waals surface area (Å²) in [5, 5.41) is -0.252. The maximum Gasteiger partial charge on any atom is 0.246 e. The minimum atomic E-state index is -3.66. The molecule has 1 aliphatic heterocycles.